The molecule has 4 rings (SSSR count). The van der Waals surface area contributed by atoms with Crippen molar-refractivity contribution in [1.29, 1.82) is 0 Å². The van der Waals surface area contributed by atoms with E-state index in [1.807, 2.05) is 41.3 Å². The highest BCUT2D eigenvalue weighted by Crippen LogP contribution is 2.24. The summed E-state index contributed by atoms with van der Waals surface area (Å²) in [4.78, 5) is 20.7. The summed E-state index contributed by atoms with van der Waals surface area (Å²) in [5.74, 6) is -0.181. The normalized spacial score (nSPS) is 20.6. The Morgan fingerprint density at radius 1 is 1.11 bits per heavy atom. The first kappa shape index (κ1) is 19.2. The van der Waals surface area contributed by atoms with E-state index in [2.05, 4.69) is 39.7 Å². The number of fused-ring (bicyclic) bond motifs is 1. The molecule has 0 radical (unpaired) electrons. The molecule has 0 unspecified atom stereocenters. The lowest BCUT2D eigenvalue weighted by Gasteiger charge is -2.44. The first-order valence-electron chi connectivity index (χ1n) is 9.48. The van der Waals surface area contributed by atoms with Gasteiger partial charge in [-0.3, -0.25) is 9.69 Å². The molecule has 1 aliphatic rings. The van der Waals surface area contributed by atoms with E-state index in [9.17, 15) is 9.18 Å². The Labute approximate surface area is 172 Å². The molecule has 0 bridgehead atoms. The van der Waals surface area contributed by atoms with Gasteiger partial charge in [-0.2, -0.15) is 0 Å². The van der Waals surface area contributed by atoms with E-state index in [4.69, 9.17) is 0 Å². The van der Waals surface area contributed by atoms with E-state index < -0.39 is 0 Å². The molecule has 6 heteroatoms. The number of hydrogen-bond donors (Lipinski definition) is 1. The first-order valence-corrected chi connectivity index (χ1v) is 10.3. The zero-order valence-electron chi connectivity index (χ0n) is 16.0. The van der Waals surface area contributed by atoms with Crippen molar-refractivity contribution < 1.29 is 9.18 Å². The van der Waals surface area contributed by atoms with Crippen molar-refractivity contribution in [1.82, 2.24) is 14.8 Å². The Morgan fingerprint density at radius 3 is 2.61 bits per heavy atom. The fourth-order valence-electron chi connectivity index (χ4n) is 3.90. The zero-order valence-corrected chi connectivity index (χ0v) is 17.5. The maximum atomic E-state index is 13.1. The molecule has 1 saturated heterocycles. The fourth-order valence-corrected chi connectivity index (χ4v) is 4.28. The van der Waals surface area contributed by atoms with Gasteiger partial charge in [0.25, 0.3) is 5.91 Å². The van der Waals surface area contributed by atoms with Crippen molar-refractivity contribution in [3.8, 4) is 0 Å². The van der Waals surface area contributed by atoms with Gasteiger partial charge in [0.15, 0.2) is 0 Å². The minimum absolute atomic E-state index is 0.0353. The molecule has 3 aromatic rings. The third-order valence-electron chi connectivity index (χ3n) is 5.49. The van der Waals surface area contributed by atoms with Crippen molar-refractivity contribution in [3.63, 3.8) is 0 Å². The lowest BCUT2D eigenvalue weighted by atomic mass is 10.1. The van der Waals surface area contributed by atoms with Gasteiger partial charge in [-0.1, -0.05) is 28.1 Å². The van der Waals surface area contributed by atoms with Crippen LogP contribution < -0.4 is 0 Å². The third-order valence-corrected chi connectivity index (χ3v) is 5.98. The number of aromatic nitrogens is 1. The van der Waals surface area contributed by atoms with Crippen LogP contribution >= 0.6 is 15.9 Å². The molecule has 4 nitrogen and oxygen atoms in total. The van der Waals surface area contributed by atoms with Gasteiger partial charge in [0, 0.05) is 47.1 Å². The van der Waals surface area contributed by atoms with Gasteiger partial charge < -0.3 is 9.88 Å². The number of aromatic amines is 1. The SMILES string of the molecule is C[C@@H]1CN(Cc2ccc(F)cc2)[C@@H](C)CN1C(=O)c1cc2cc(Br)ccc2[nH]1. The number of nitrogens with zero attached hydrogens (tertiary/aromatic N) is 2. The summed E-state index contributed by atoms with van der Waals surface area (Å²) in [6.07, 6.45) is 0. The number of piperazine rings is 1. The minimum atomic E-state index is -0.217. The van der Waals surface area contributed by atoms with E-state index >= 15 is 0 Å². The van der Waals surface area contributed by atoms with Crippen molar-refractivity contribution in [2.45, 2.75) is 32.5 Å². The first-order chi connectivity index (χ1) is 13.4. The van der Waals surface area contributed by atoms with Crippen LogP contribution in [0.2, 0.25) is 0 Å². The molecule has 0 saturated carbocycles. The highest BCUT2D eigenvalue weighted by Gasteiger charge is 2.32. The van der Waals surface area contributed by atoms with Crippen LogP contribution in [-0.4, -0.2) is 45.9 Å². The van der Waals surface area contributed by atoms with Crippen LogP contribution in [0.4, 0.5) is 4.39 Å². The minimum Gasteiger partial charge on any atom is -0.351 e. The van der Waals surface area contributed by atoms with Crippen molar-refractivity contribution in [2.75, 3.05) is 13.1 Å². The molecule has 1 aromatic heterocycles. The van der Waals surface area contributed by atoms with Gasteiger partial charge in [0.05, 0.1) is 0 Å². The molecular formula is C22H23BrFN3O. The average molecular weight is 444 g/mol. The predicted octanol–water partition coefficient (Wildman–Crippen LogP) is 4.80. The van der Waals surface area contributed by atoms with Gasteiger partial charge in [0.2, 0.25) is 0 Å². The Hall–Kier alpha value is -2.18. The van der Waals surface area contributed by atoms with Crippen molar-refractivity contribution >= 4 is 32.7 Å². The second kappa shape index (κ2) is 7.68. The lowest BCUT2D eigenvalue weighted by Crippen LogP contribution is -2.57. The summed E-state index contributed by atoms with van der Waals surface area (Å²) in [6.45, 7) is 6.43. The number of carbonyl (C=O) groups is 1. The van der Waals surface area contributed by atoms with E-state index in [0.717, 1.165) is 34.0 Å². The monoisotopic (exact) mass is 443 g/mol. The fraction of sp³-hybridized carbons (Fsp3) is 0.318. The van der Waals surface area contributed by atoms with Crippen LogP contribution in [0.3, 0.4) is 0 Å². The Morgan fingerprint density at radius 2 is 1.86 bits per heavy atom. The maximum Gasteiger partial charge on any atom is 0.270 e. The van der Waals surface area contributed by atoms with Crippen LogP contribution in [-0.2, 0) is 6.54 Å². The number of H-pyrrole nitrogens is 1. The Bertz CT molecular complexity index is 1000. The molecular weight excluding hydrogens is 421 g/mol. The molecule has 146 valence electrons. The molecule has 0 spiro atoms. The summed E-state index contributed by atoms with van der Waals surface area (Å²) >= 11 is 3.47. The number of benzene rings is 2. The van der Waals surface area contributed by atoms with Crippen LogP contribution in [0, 0.1) is 5.82 Å². The molecule has 2 aromatic carbocycles. The number of nitrogens with one attached hydrogen (secondary N) is 1. The van der Waals surface area contributed by atoms with Gasteiger partial charge in [-0.05, 0) is 55.8 Å². The lowest BCUT2D eigenvalue weighted by molar-refractivity contribution is 0.0287. The van der Waals surface area contributed by atoms with E-state index in [-0.39, 0.29) is 23.8 Å². The highest BCUT2D eigenvalue weighted by molar-refractivity contribution is 9.10. The van der Waals surface area contributed by atoms with Crippen LogP contribution in [0.5, 0.6) is 0 Å². The van der Waals surface area contributed by atoms with Gasteiger partial charge in [-0.25, -0.2) is 4.39 Å². The second-order valence-electron chi connectivity index (χ2n) is 7.63. The predicted molar refractivity (Wildman–Crippen MR) is 113 cm³/mol. The number of carbonyl (C=O) groups excluding carboxylic acids is 1. The Kier molecular flexibility index (Phi) is 5.25. The third kappa shape index (κ3) is 3.84. The van der Waals surface area contributed by atoms with Gasteiger partial charge in [0.1, 0.15) is 11.5 Å². The van der Waals surface area contributed by atoms with E-state index in [1.54, 1.807) is 0 Å². The van der Waals surface area contributed by atoms with Gasteiger partial charge >= 0.3 is 0 Å². The number of amides is 1. The van der Waals surface area contributed by atoms with Crippen LogP contribution in [0.1, 0.15) is 29.9 Å². The summed E-state index contributed by atoms with van der Waals surface area (Å²) in [5.41, 5.74) is 2.67. The number of halogens is 2. The van der Waals surface area contributed by atoms with E-state index in [0.29, 0.717) is 12.2 Å². The average Bonchev–Trinajstić information content (AvgIpc) is 3.09. The summed E-state index contributed by atoms with van der Waals surface area (Å²) in [7, 11) is 0. The standard InChI is InChI=1S/C22H23BrFN3O/c1-14-12-27(15(2)11-26(14)13-16-3-6-19(24)7-4-16)22(28)21-10-17-9-18(23)5-8-20(17)25-21/h3-10,14-15,25H,11-13H2,1-2H3/t14-,15+/m0/s1. The van der Waals surface area contributed by atoms with Crippen LogP contribution in [0.15, 0.2) is 53.0 Å². The summed E-state index contributed by atoms with van der Waals surface area (Å²) in [6, 6.07) is 14.8. The molecule has 1 aliphatic heterocycles. The summed E-state index contributed by atoms with van der Waals surface area (Å²) in [5, 5.41) is 1.02. The zero-order chi connectivity index (χ0) is 19.8. The number of hydrogen-bond acceptors (Lipinski definition) is 2. The van der Waals surface area contributed by atoms with Gasteiger partial charge in [-0.15, -0.1) is 0 Å². The maximum absolute atomic E-state index is 13.1. The molecule has 2 atom stereocenters. The molecule has 2 heterocycles. The van der Waals surface area contributed by atoms with Crippen molar-refractivity contribution in [2.24, 2.45) is 0 Å². The second-order valence-corrected chi connectivity index (χ2v) is 8.54. The molecule has 1 N–H and O–H groups in total. The van der Waals surface area contributed by atoms with E-state index in [1.165, 1.54) is 12.1 Å². The van der Waals surface area contributed by atoms with Crippen LogP contribution in [0.25, 0.3) is 10.9 Å². The molecule has 28 heavy (non-hydrogen) atoms. The largest absolute Gasteiger partial charge is 0.351 e. The Balaban J connectivity index is 1.48. The summed E-state index contributed by atoms with van der Waals surface area (Å²) < 4.78 is 14.1. The molecule has 0 aliphatic carbocycles. The van der Waals surface area contributed by atoms with Crippen molar-refractivity contribution in [3.05, 3.63) is 70.1 Å². The molecule has 1 amide bonds. The molecule has 1 fully saturated rings. The number of rotatable bonds is 3. The highest BCUT2D eigenvalue weighted by atomic mass is 79.9. The topological polar surface area (TPSA) is 39.3 Å². The quantitative estimate of drug-likeness (QED) is 0.630. The smallest absolute Gasteiger partial charge is 0.270 e.